The fourth-order valence-corrected chi connectivity index (χ4v) is 3.40. The number of hydrogen-bond acceptors (Lipinski definition) is 8. The lowest BCUT2D eigenvalue weighted by molar-refractivity contribution is -0.146. The standard InChI is InChI=1S/C24H16Cl4N2O6/c25-17-5-7-21(19(27)9-17)33-13-23(31)35-29-11-15-1-2-16(4-3-15)12-30-36-24(32)14-34-22-8-6-18(26)10-20(22)28/h1-12H,13-14H2/b29-11+,30-12+. The number of nitrogens with zero attached hydrogens (tertiary/aromatic N) is 2. The average Bonchev–Trinajstić information content (AvgIpc) is 2.84. The van der Waals surface area contributed by atoms with Gasteiger partial charge in [-0.1, -0.05) is 81.0 Å². The fraction of sp³-hybridized carbons (Fsp3) is 0.0833. The number of ether oxygens (including phenoxy) is 2. The summed E-state index contributed by atoms with van der Waals surface area (Å²) in [5.74, 6) is -0.845. The predicted octanol–water partition coefficient (Wildman–Crippen LogP) is 6.21. The van der Waals surface area contributed by atoms with Gasteiger partial charge in [0.15, 0.2) is 13.2 Å². The first kappa shape index (κ1) is 27.3. The van der Waals surface area contributed by atoms with Crippen LogP contribution in [0.4, 0.5) is 0 Å². The summed E-state index contributed by atoms with van der Waals surface area (Å²) >= 11 is 23.5. The van der Waals surface area contributed by atoms with E-state index in [0.717, 1.165) is 0 Å². The molecule has 3 rings (SSSR count). The molecule has 0 spiro atoms. The van der Waals surface area contributed by atoms with E-state index in [-0.39, 0.29) is 23.3 Å². The number of carbonyl (C=O) groups is 2. The Morgan fingerprint density at radius 2 is 1.03 bits per heavy atom. The molecule has 36 heavy (non-hydrogen) atoms. The second-order valence-electron chi connectivity index (χ2n) is 6.79. The molecule has 0 aliphatic heterocycles. The number of carbonyl (C=O) groups excluding carboxylic acids is 2. The highest BCUT2D eigenvalue weighted by molar-refractivity contribution is 6.36. The lowest BCUT2D eigenvalue weighted by Crippen LogP contribution is -2.12. The molecule has 0 N–H and O–H groups in total. The molecule has 0 radical (unpaired) electrons. The molecular formula is C24H16Cl4N2O6. The molecule has 0 aliphatic carbocycles. The molecule has 8 nitrogen and oxygen atoms in total. The fourth-order valence-electron chi connectivity index (χ4n) is 2.47. The minimum atomic E-state index is -0.717. The molecule has 0 unspecified atom stereocenters. The van der Waals surface area contributed by atoms with Crippen molar-refractivity contribution in [2.24, 2.45) is 10.3 Å². The monoisotopic (exact) mass is 568 g/mol. The quantitative estimate of drug-likeness (QED) is 0.163. The van der Waals surface area contributed by atoms with Gasteiger partial charge in [-0.15, -0.1) is 0 Å². The van der Waals surface area contributed by atoms with Crippen LogP contribution in [0.25, 0.3) is 0 Å². The second-order valence-corrected chi connectivity index (χ2v) is 8.48. The Morgan fingerprint density at radius 3 is 1.39 bits per heavy atom. The second kappa shape index (κ2) is 13.7. The number of rotatable bonds is 10. The Balaban J connectivity index is 1.39. The maximum atomic E-state index is 11.8. The summed E-state index contributed by atoms with van der Waals surface area (Å²) in [7, 11) is 0. The molecule has 3 aromatic rings. The zero-order chi connectivity index (χ0) is 25.9. The first-order chi connectivity index (χ1) is 17.3. The van der Waals surface area contributed by atoms with Crippen molar-refractivity contribution in [1.82, 2.24) is 0 Å². The molecule has 0 aliphatic rings. The lowest BCUT2D eigenvalue weighted by Gasteiger charge is -2.06. The molecule has 186 valence electrons. The molecule has 0 bridgehead atoms. The van der Waals surface area contributed by atoms with Crippen LogP contribution in [0.1, 0.15) is 11.1 Å². The van der Waals surface area contributed by atoms with Crippen LogP contribution in [0.2, 0.25) is 20.1 Å². The SMILES string of the molecule is O=C(COc1ccc(Cl)cc1Cl)O/N=C/c1ccc(/C=N/OC(=O)COc2ccc(Cl)cc2Cl)cc1. The number of hydrogen-bond donors (Lipinski definition) is 0. The first-order valence-electron chi connectivity index (χ1n) is 10.0. The largest absolute Gasteiger partial charge is 0.480 e. The van der Waals surface area contributed by atoms with E-state index in [9.17, 15) is 9.59 Å². The summed E-state index contributed by atoms with van der Waals surface area (Å²) in [5.41, 5.74) is 1.29. The van der Waals surface area contributed by atoms with Crippen LogP contribution < -0.4 is 9.47 Å². The molecule has 0 amide bonds. The smallest absolute Gasteiger partial charge is 0.372 e. The van der Waals surface area contributed by atoms with Gasteiger partial charge in [0, 0.05) is 10.0 Å². The maximum Gasteiger partial charge on any atom is 0.372 e. The Labute approximate surface area is 225 Å². The maximum absolute atomic E-state index is 11.8. The van der Waals surface area contributed by atoms with Crippen molar-refractivity contribution in [2.75, 3.05) is 13.2 Å². The van der Waals surface area contributed by atoms with Gasteiger partial charge in [-0.25, -0.2) is 9.59 Å². The molecule has 0 atom stereocenters. The summed E-state index contributed by atoms with van der Waals surface area (Å²) in [5, 5.41) is 8.68. The highest BCUT2D eigenvalue weighted by atomic mass is 35.5. The average molecular weight is 570 g/mol. The summed E-state index contributed by atoms with van der Waals surface area (Å²) in [6.07, 6.45) is 2.68. The topological polar surface area (TPSA) is 95.8 Å². The van der Waals surface area contributed by atoms with Crippen LogP contribution in [0.15, 0.2) is 71.0 Å². The molecule has 0 saturated heterocycles. The third-order valence-electron chi connectivity index (χ3n) is 4.13. The van der Waals surface area contributed by atoms with Gasteiger partial charge >= 0.3 is 11.9 Å². The van der Waals surface area contributed by atoms with Crippen LogP contribution in [-0.4, -0.2) is 37.6 Å². The van der Waals surface area contributed by atoms with Crippen LogP contribution in [0.3, 0.4) is 0 Å². The Morgan fingerprint density at radius 1 is 0.639 bits per heavy atom. The van der Waals surface area contributed by atoms with Crippen molar-refractivity contribution >= 4 is 70.8 Å². The van der Waals surface area contributed by atoms with Crippen molar-refractivity contribution in [3.8, 4) is 11.5 Å². The van der Waals surface area contributed by atoms with Gasteiger partial charge in [-0.3, -0.25) is 0 Å². The van der Waals surface area contributed by atoms with E-state index in [1.165, 1.54) is 36.7 Å². The molecule has 12 heteroatoms. The van der Waals surface area contributed by atoms with Crippen LogP contribution >= 0.6 is 46.4 Å². The molecule has 0 saturated carbocycles. The number of oxime groups is 2. The molecule has 3 aromatic carbocycles. The van der Waals surface area contributed by atoms with Gasteiger partial charge in [0.2, 0.25) is 0 Å². The number of benzene rings is 3. The molecule has 0 heterocycles. The Hall–Kier alpha value is -3.30. The lowest BCUT2D eigenvalue weighted by atomic mass is 10.2. The van der Waals surface area contributed by atoms with E-state index in [4.69, 9.17) is 65.6 Å². The van der Waals surface area contributed by atoms with E-state index in [1.807, 2.05) is 0 Å². The third-order valence-corrected chi connectivity index (χ3v) is 5.19. The third kappa shape index (κ3) is 9.05. The minimum Gasteiger partial charge on any atom is -0.480 e. The van der Waals surface area contributed by atoms with E-state index < -0.39 is 11.9 Å². The summed E-state index contributed by atoms with van der Waals surface area (Å²) in [6.45, 7) is -0.769. The van der Waals surface area contributed by atoms with Gasteiger partial charge in [-0.2, -0.15) is 0 Å². The van der Waals surface area contributed by atoms with Gasteiger partial charge < -0.3 is 19.1 Å². The van der Waals surface area contributed by atoms with E-state index in [1.54, 1.807) is 36.4 Å². The van der Waals surface area contributed by atoms with E-state index in [2.05, 4.69) is 10.3 Å². The Bertz CT molecular complexity index is 1180. The summed E-state index contributed by atoms with van der Waals surface area (Å²) < 4.78 is 10.5. The summed E-state index contributed by atoms with van der Waals surface area (Å²) in [6, 6.07) is 16.0. The minimum absolute atomic E-state index is 0.272. The van der Waals surface area contributed by atoms with Crippen LogP contribution in [0.5, 0.6) is 11.5 Å². The van der Waals surface area contributed by atoms with Gasteiger partial charge in [0.25, 0.3) is 0 Å². The highest BCUT2D eigenvalue weighted by Crippen LogP contribution is 2.28. The van der Waals surface area contributed by atoms with Crippen molar-refractivity contribution in [3.05, 3.63) is 91.9 Å². The zero-order valence-corrected chi connectivity index (χ0v) is 21.2. The van der Waals surface area contributed by atoms with Crippen molar-refractivity contribution < 1.29 is 28.7 Å². The molecule has 0 fully saturated rings. The van der Waals surface area contributed by atoms with Gasteiger partial charge in [0.1, 0.15) is 11.5 Å². The predicted molar refractivity (Wildman–Crippen MR) is 138 cm³/mol. The van der Waals surface area contributed by atoms with Crippen molar-refractivity contribution in [2.45, 2.75) is 0 Å². The van der Waals surface area contributed by atoms with Crippen LogP contribution in [-0.2, 0) is 19.3 Å². The molecule has 0 aromatic heterocycles. The highest BCUT2D eigenvalue weighted by Gasteiger charge is 2.08. The van der Waals surface area contributed by atoms with Crippen LogP contribution in [0, 0.1) is 0 Å². The van der Waals surface area contributed by atoms with E-state index >= 15 is 0 Å². The Kier molecular flexibility index (Phi) is 10.4. The van der Waals surface area contributed by atoms with Gasteiger partial charge in [-0.05, 0) is 47.5 Å². The van der Waals surface area contributed by atoms with Crippen molar-refractivity contribution in [3.63, 3.8) is 0 Å². The first-order valence-corrected chi connectivity index (χ1v) is 11.5. The van der Waals surface area contributed by atoms with E-state index in [0.29, 0.717) is 32.7 Å². The number of halogens is 4. The van der Waals surface area contributed by atoms with Crippen molar-refractivity contribution in [1.29, 1.82) is 0 Å². The normalized spacial score (nSPS) is 11.0. The zero-order valence-electron chi connectivity index (χ0n) is 18.2. The molecular weight excluding hydrogens is 554 g/mol. The van der Waals surface area contributed by atoms with Gasteiger partial charge in [0.05, 0.1) is 22.5 Å². The summed E-state index contributed by atoms with van der Waals surface area (Å²) in [4.78, 5) is 33.0.